The molecule has 1 aliphatic rings. The van der Waals surface area contributed by atoms with Crippen LogP contribution in [0.15, 0.2) is 37.1 Å². The SMILES string of the molecule is C=COCCCNC1CC(c2cccc(F)c2)C1. The number of benzene rings is 1. The smallest absolute Gasteiger partial charge is 0.123 e. The molecule has 0 unspecified atom stereocenters. The highest BCUT2D eigenvalue weighted by Crippen LogP contribution is 2.36. The molecule has 0 radical (unpaired) electrons. The van der Waals surface area contributed by atoms with Gasteiger partial charge in [-0.15, -0.1) is 0 Å². The quantitative estimate of drug-likeness (QED) is 0.592. The lowest BCUT2D eigenvalue weighted by atomic mass is 9.76. The summed E-state index contributed by atoms with van der Waals surface area (Å²) in [5, 5.41) is 3.48. The second kappa shape index (κ2) is 6.55. The van der Waals surface area contributed by atoms with E-state index in [4.69, 9.17) is 4.74 Å². The van der Waals surface area contributed by atoms with Crippen molar-refractivity contribution in [2.45, 2.75) is 31.2 Å². The van der Waals surface area contributed by atoms with Crippen molar-refractivity contribution < 1.29 is 9.13 Å². The first-order valence-electron chi connectivity index (χ1n) is 6.51. The third-order valence-corrected chi connectivity index (χ3v) is 3.45. The number of rotatable bonds is 7. The van der Waals surface area contributed by atoms with Gasteiger partial charge in [0.05, 0.1) is 12.9 Å². The average Bonchev–Trinajstić information content (AvgIpc) is 2.31. The van der Waals surface area contributed by atoms with Crippen molar-refractivity contribution >= 4 is 0 Å². The van der Waals surface area contributed by atoms with Crippen molar-refractivity contribution in [3.8, 4) is 0 Å². The summed E-state index contributed by atoms with van der Waals surface area (Å²) in [4.78, 5) is 0. The van der Waals surface area contributed by atoms with Gasteiger partial charge in [0.25, 0.3) is 0 Å². The van der Waals surface area contributed by atoms with E-state index in [1.54, 1.807) is 12.1 Å². The summed E-state index contributed by atoms with van der Waals surface area (Å²) in [7, 11) is 0. The lowest BCUT2D eigenvalue weighted by Crippen LogP contribution is -2.40. The maximum Gasteiger partial charge on any atom is 0.123 e. The first-order chi connectivity index (χ1) is 8.79. The van der Waals surface area contributed by atoms with E-state index in [0.717, 1.165) is 38.0 Å². The van der Waals surface area contributed by atoms with Gasteiger partial charge in [-0.3, -0.25) is 0 Å². The maximum absolute atomic E-state index is 13.1. The Balaban J connectivity index is 1.63. The summed E-state index contributed by atoms with van der Waals surface area (Å²) in [6.07, 6.45) is 4.67. The predicted molar refractivity (Wildman–Crippen MR) is 70.9 cm³/mol. The highest BCUT2D eigenvalue weighted by molar-refractivity contribution is 5.23. The molecule has 0 amide bonds. The number of hydrogen-bond donors (Lipinski definition) is 1. The molecule has 1 aromatic carbocycles. The summed E-state index contributed by atoms with van der Waals surface area (Å²) in [6.45, 7) is 5.18. The molecule has 98 valence electrons. The van der Waals surface area contributed by atoms with E-state index < -0.39 is 0 Å². The lowest BCUT2D eigenvalue weighted by Gasteiger charge is -2.36. The predicted octanol–water partition coefficient (Wildman–Crippen LogP) is 3.21. The van der Waals surface area contributed by atoms with Crippen LogP contribution in [0.25, 0.3) is 0 Å². The first kappa shape index (κ1) is 13.1. The monoisotopic (exact) mass is 249 g/mol. The van der Waals surface area contributed by atoms with Gasteiger partial charge < -0.3 is 10.1 Å². The van der Waals surface area contributed by atoms with Gasteiger partial charge in [-0.2, -0.15) is 0 Å². The molecule has 1 saturated carbocycles. The molecule has 0 heterocycles. The molecule has 0 bridgehead atoms. The lowest BCUT2D eigenvalue weighted by molar-refractivity contribution is 0.232. The second-order valence-corrected chi connectivity index (χ2v) is 4.77. The van der Waals surface area contributed by atoms with Crippen molar-refractivity contribution in [2.24, 2.45) is 0 Å². The molecule has 1 aromatic rings. The van der Waals surface area contributed by atoms with Crippen LogP contribution in [-0.4, -0.2) is 19.2 Å². The fourth-order valence-electron chi connectivity index (χ4n) is 2.36. The van der Waals surface area contributed by atoms with Gasteiger partial charge >= 0.3 is 0 Å². The fourth-order valence-corrected chi connectivity index (χ4v) is 2.36. The molecular formula is C15H20FNO. The molecule has 1 fully saturated rings. The van der Waals surface area contributed by atoms with E-state index in [1.165, 1.54) is 12.3 Å². The van der Waals surface area contributed by atoms with E-state index in [0.29, 0.717) is 12.0 Å². The molecule has 0 aliphatic heterocycles. The van der Waals surface area contributed by atoms with E-state index in [1.807, 2.05) is 6.07 Å². The molecule has 0 saturated heterocycles. The Morgan fingerprint density at radius 1 is 1.44 bits per heavy atom. The zero-order chi connectivity index (χ0) is 12.8. The summed E-state index contributed by atoms with van der Waals surface area (Å²) in [6, 6.07) is 7.53. The van der Waals surface area contributed by atoms with Gasteiger partial charge in [0, 0.05) is 6.04 Å². The zero-order valence-corrected chi connectivity index (χ0v) is 10.6. The van der Waals surface area contributed by atoms with E-state index in [2.05, 4.69) is 11.9 Å². The highest BCUT2D eigenvalue weighted by atomic mass is 19.1. The number of nitrogens with one attached hydrogen (secondary N) is 1. The average molecular weight is 249 g/mol. The fraction of sp³-hybridized carbons (Fsp3) is 0.467. The minimum atomic E-state index is -0.134. The van der Waals surface area contributed by atoms with Crippen LogP contribution < -0.4 is 5.32 Å². The van der Waals surface area contributed by atoms with Crippen LogP contribution in [0.5, 0.6) is 0 Å². The van der Waals surface area contributed by atoms with Crippen LogP contribution in [0.3, 0.4) is 0 Å². The van der Waals surface area contributed by atoms with E-state index >= 15 is 0 Å². The standard InChI is InChI=1S/C15H20FNO/c1-2-18-8-4-7-17-15-10-13(11-15)12-5-3-6-14(16)9-12/h2-3,5-6,9,13,15,17H,1,4,7-8,10-11H2. The molecule has 3 heteroatoms. The molecule has 18 heavy (non-hydrogen) atoms. The van der Waals surface area contributed by atoms with Crippen LogP contribution in [0.4, 0.5) is 4.39 Å². The van der Waals surface area contributed by atoms with Crippen LogP contribution >= 0.6 is 0 Å². The Morgan fingerprint density at radius 2 is 2.28 bits per heavy atom. The minimum absolute atomic E-state index is 0.134. The summed E-state index contributed by atoms with van der Waals surface area (Å²) in [5.41, 5.74) is 1.13. The number of hydrogen-bond acceptors (Lipinski definition) is 2. The third-order valence-electron chi connectivity index (χ3n) is 3.45. The Bertz CT molecular complexity index is 388. The zero-order valence-electron chi connectivity index (χ0n) is 10.6. The molecule has 1 N–H and O–H groups in total. The van der Waals surface area contributed by atoms with Crippen molar-refractivity contribution in [1.82, 2.24) is 5.32 Å². The van der Waals surface area contributed by atoms with Gasteiger partial charge in [-0.1, -0.05) is 18.7 Å². The second-order valence-electron chi connectivity index (χ2n) is 4.77. The molecular weight excluding hydrogens is 229 g/mol. The van der Waals surface area contributed by atoms with Gasteiger partial charge in [-0.25, -0.2) is 4.39 Å². The number of halogens is 1. The van der Waals surface area contributed by atoms with E-state index in [-0.39, 0.29) is 5.82 Å². The van der Waals surface area contributed by atoms with Gasteiger partial charge in [0.2, 0.25) is 0 Å². The van der Waals surface area contributed by atoms with Crippen molar-refractivity contribution in [3.05, 3.63) is 48.5 Å². The van der Waals surface area contributed by atoms with Crippen LogP contribution in [-0.2, 0) is 4.74 Å². The van der Waals surface area contributed by atoms with Crippen LogP contribution in [0, 0.1) is 5.82 Å². The summed E-state index contributed by atoms with van der Waals surface area (Å²) < 4.78 is 18.1. The topological polar surface area (TPSA) is 21.3 Å². The Labute approximate surface area is 108 Å². The first-order valence-corrected chi connectivity index (χ1v) is 6.51. The van der Waals surface area contributed by atoms with Gasteiger partial charge in [0.15, 0.2) is 0 Å². The molecule has 0 spiro atoms. The van der Waals surface area contributed by atoms with Gasteiger partial charge in [0.1, 0.15) is 5.82 Å². The van der Waals surface area contributed by atoms with Crippen molar-refractivity contribution in [3.63, 3.8) is 0 Å². The minimum Gasteiger partial charge on any atom is -0.502 e. The largest absolute Gasteiger partial charge is 0.502 e. The van der Waals surface area contributed by atoms with Crippen molar-refractivity contribution in [2.75, 3.05) is 13.2 Å². The Morgan fingerprint density at radius 3 is 3.00 bits per heavy atom. The van der Waals surface area contributed by atoms with Crippen LogP contribution in [0.1, 0.15) is 30.7 Å². The van der Waals surface area contributed by atoms with Gasteiger partial charge in [-0.05, 0) is 49.4 Å². The van der Waals surface area contributed by atoms with E-state index in [9.17, 15) is 4.39 Å². The molecule has 0 aromatic heterocycles. The molecule has 0 atom stereocenters. The van der Waals surface area contributed by atoms with Crippen molar-refractivity contribution in [1.29, 1.82) is 0 Å². The Kier molecular flexibility index (Phi) is 4.76. The highest BCUT2D eigenvalue weighted by Gasteiger charge is 2.29. The normalized spacial score (nSPS) is 22.3. The summed E-state index contributed by atoms with van der Waals surface area (Å²) in [5.74, 6) is 0.383. The third kappa shape index (κ3) is 3.57. The number of ether oxygens (including phenoxy) is 1. The maximum atomic E-state index is 13.1. The molecule has 1 aliphatic carbocycles. The Hall–Kier alpha value is -1.35. The summed E-state index contributed by atoms with van der Waals surface area (Å²) >= 11 is 0. The molecule has 2 rings (SSSR count). The van der Waals surface area contributed by atoms with Crippen LogP contribution in [0.2, 0.25) is 0 Å². The molecule has 2 nitrogen and oxygen atoms in total.